The summed E-state index contributed by atoms with van der Waals surface area (Å²) in [5.41, 5.74) is 30.1. The van der Waals surface area contributed by atoms with Crippen molar-refractivity contribution in [1.29, 1.82) is 0 Å². The maximum Gasteiger partial charge on any atom is 0.0477 e. The summed E-state index contributed by atoms with van der Waals surface area (Å²) < 4.78 is 0. The summed E-state index contributed by atoms with van der Waals surface area (Å²) in [7, 11) is 0. The molecule has 0 saturated heterocycles. The van der Waals surface area contributed by atoms with Crippen LogP contribution in [-0.4, -0.2) is 0 Å². The highest BCUT2D eigenvalue weighted by Gasteiger charge is 2.42. The molecule has 0 bridgehead atoms. The van der Waals surface area contributed by atoms with E-state index >= 15 is 0 Å². The molecule has 2 aliphatic rings. The number of hydrogen-bond donors (Lipinski definition) is 0. The number of benzene rings is 13. The molecule has 2 nitrogen and oxygen atoms in total. The van der Waals surface area contributed by atoms with Gasteiger partial charge in [0.1, 0.15) is 0 Å². The molecular formula is C100H64N2. The number of rotatable bonds is 12. The van der Waals surface area contributed by atoms with Crippen molar-refractivity contribution in [3.05, 3.63) is 334 Å². The first kappa shape index (κ1) is 64.0. The van der Waals surface area contributed by atoms with Crippen LogP contribution in [0.25, 0.3) is 89.0 Å². The Morgan fingerprint density at radius 3 is 0.931 bits per heavy atom. The van der Waals surface area contributed by atoms with Crippen LogP contribution in [0.5, 0.6) is 0 Å². The zero-order valence-electron chi connectivity index (χ0n) is 56.9. The van der Waals surface area contributed by atoms with Gasteiger partial charge in [-0.25, -0.2) is 0 Å². The maximum absolute atomic E-state index is 6.45. The largest absolute Gasteiger partial charge is 0.310 e. The Morgan fingerprint density at radius 2 is 0.529 bits per heavy atom. The second-order valence-electron chi connectivity index (χ2n) is 26.7. The minimum Gasteiger partial charge on any atom is -0.310 e. The van der Waals surface area contributed by atoms with Crippen molar-refractivity contribution in [2.45, 2.75) is 38.5 Å². The van der Waals surface area contributed by atoms with Crippen LogP contribution in [-0.2, 0) is 10.8 Å². The van der Waals surface area contributed by atoms with Crippen LogP contribution in [0.2, 0.25) is 0 Å². The van der Waals surface area contributed by atoms with Crippen molar-refractivity contribution in [2.75, 3.05) is 9.80 Å². The van der Waals surface area contributed by atoms with E-state index in [-0.39, 0.29) is 5.41 Å². The summed E-state index contributed by atoms with van der Waals surface area (Å²) >= 11 is 0. The monoisotopic (exact) mass is 1290 g/mol. The summed E-state index contributed by atoms with van der Waals surface area (Å²) in [5.74, 6) is 23.1. The number of hydrogen-bond acceptors (Lipinski definition) is 2. The van der Waals surface area contributed by atoms with E-state index in [1.807, 2.05) is 78.9 Å². The molecule has 0 atom stereocenters. The predicted octanol–water partition coefficient (Wildman–Crippen LogP) is 23.1. The molecule has 13 aromatic rings. The molecule has 0 saturated carbocycles. The Labute approximate surface area is 600 Å². The van der Waals surface area contributed by atoms with E-state index in [4.69, 9.17) is 51.4 Å². The van der Waals surface area contributed by atoms with Crippen molar-refractivity contribution in [3.8, 4) is 188 Å². The Morgan fingerprint density at radius 1 is 0.206 bits per heavy atom. The lowest BCUT2D eigenvalue weighted by Crippen LogP contribution is -2.18. The van der Waals surface area contributed by atoms with Crippen LogP contribution >= 0.6 is 0 Å². The topological polar surface area (TPSA) is 6.48 Å². The van der Waals surface area contributed by atoms with E-state index in [1.54, 1.807) is 0 Å². The Kier molecular flexibility index (Phi) is 16.1. The quantitative estimate of drug-likeness (QED) is 0.113. The zero-order chi connectivity index (χ0) is 70.6. The van der Waals surface area contributed by atoms with Crippen molar-refractivity contribution >= 4 is 34.1 Å². The van der Waals surface area contributed by atoms with Crippen LogP contribution in [0.15, 0.2) is 267 Å². The van der Waals surface area contributed by atoms with E-state index in [9.17, 15) is 0 Å². The molecule has 0 aliphatic heterocycles. The summed E-state index contributed by atoms with van der Waals surface area (Å²) in [6.07, 6.45) is 50.3. The van der Waals surface area contributed by atoms with Gasteiger partial charge in [0.2, 0.25) is 0 Å². The number of para-hydroxylation sites is 3. The van der Waals surface area contributed by atoms with Gasteiger partial charge in [-0.2, -0.15) is 0 Å². The highest BCUT2D eigenvalue weighted by molar-refractivity contribution is 5.97. The smallest absolute Gasteiger partial charge is 0.0477 e. The molecule has 0 amide bonds. The molecule has 0 radical (unpaired) electrons. The van der Waals surface area contributed by atoms with E-state index < -0.39 is 5.41 Å². The van der Waals surface area contributed by atoms with Crippen molar-refractivity contribution in [2.24, 2.45) is 0 Å². The molecule has 0 aromatic heterocycles. The van der Waals surface area contributed by atoms with Gasteiger partial charge in [0, 0.05) is 89.5 Å². The number of anilines is 6. The molecule has 0 fully saturated rings. The standard InChI is InChI=1S/C100H64N2/c1-13-65-34-30-44-85(81(65)17-5)73-55-70(56-74(57-73)86-45-31-35-66(14-2)82(86)18-6)72-54-71(69-48-51-89(87-46-32-36-67(15-3)83(87)19-7)92(60-69)88-47-33-37-68(16-4)84(88)20-8)58-80(59-72)102(77-42-28-23-29-43-77)79-50-53-91-94-64-97-93(63-98(94)100(11,12)96(91)62-79)90-52-49-78(61-95(90)99(97,9)10)101(75-38-24-21-25-39-75)76-40-26-22-27-41-76/h1-8,21-64H,9-12H3. The second-order valence-corrected chi connectivity index (χ2v) is 26.7. The van der Waals surface area contributed by atoms with Crippen molar-refractivity contribution in [1.82, 2.24) is 0 Å². The van der Waals surface area contributed by atoms with Crippen LogP contribution in [0.3, 0.4) is 0 Å². The second kappa shape index (κ2) is 25.7. The highest BCUT2D eigenvalue weighted by atomic mass is 15.1. The van der Waals surface area contributed by atoms with Crippen LogP contribution in [0, 0.1) is 98.8 Å². The molecule has 474 valence electrons. The van der Waals surface area contributed by atoms with Crippen LogP contribution < -0.4 is 9.80 Å². The Balaban J connectivity index is 0.945. The van der Waals surface area contributed by atoms with E-state index in [1.165, 1.54) is 44.5 Å². The zero-order valence-corrected chi connectivity index (χ0v) is 56.9. The first-order chi connectivity index (χ1) is 49.7. The predicted molar refractivity (Wildman–Crippen MR) is 427 cm³/mol. The third-order valence-electron chi connectivity index (χ3n) is 20.5. The normalized spacial score (nSPS) is 12.2. The van der Waals surface area contributed by atoms with Gasteiger partial charge in [0.25, 0.3) is 0 Å². The van der Waals surface area contributed by atoms with Crippen LogP contribution in [0.4, 0.5) is 34.1 Å². The molecule has 2 aliphatic carbocycles. The fourth-order valence-electron chi connectivity index (χ4n) is 15.4. The average Bonchev–Trinajstić information content (AvgIpc) is 1.45. The van der Waals surface area contributed by atoms with Gasteiger partial charge in [0.15, 0.2) is 0 Å². The van der Waals surface area contributed by atoms with E-state index in [2.05, 4.69) is 273 Å². The lowest BCUT2D eigenvalue weighted by molar-refractivity contribution is 0.652. The van der Waals surface area contributed by atoms with E-state index in [0.29, 0.717) is 44.5 Å². The summed E-state index contributed by atoms with van der Waals surface area (Å²) in [5, 5.41) is 0. The fourth-order valence-corrected chi connectivity index (χ4v) is 15.4. The maximum atomic E-state index is 6.45. The summed E-state index contributed by atoms with van der Waals surface area (Å²) in [6.45, 7) is 9.47. The third-order valence-corrected chi connectivity index (χ3v) is 20.5. The van der Waals surface area contributed by atoms with Gasteiger partial charge < -0.3 is 9.80 Å². The fraction of sp³-hybridized carbons (Fsp3) is 0.0600. The molecular weight excluding hydrogens is 1230 g/mol. The average molecular weight is 1290 g/mol. The lowest BCUT2D eigenvalue weighted by Gasteiger charge is -2.29. The first-order valence-corrected chi connectivity index (χ1v) is 33.7. The van der Waals surface area contributed by atoms with Gasteiger partial charge >= 0.3 is 0 Å². The molecule has 2 heteroatoms. The first-order valence-electron chi connectivity index (χ1n) is 33.7. The molecule has 102 heavy (non-hydrogen) atoms. The van der Waals surface area contributed by atoms with Gasteiger partial charge in [0.05, 0.1) is 0 Å². The van der Waals surface area contributed by atoms with Crippen molar-refractivity contribution in [3.63, 3.8) is 0 Å². The molecule has 0 unspecified atom stereocenters. The van der Waals surface area contributed by atoms with Crippen molar-refractivity contribution < 1.29 is 0 Å². The molecule has 13 aromatic carbocycles. The van der Waals surface area contributed by atoms with E-state index in [0.717, 1.165) is 101 Å². The molecule has 0 N–H and O–H groups in total. The number of nitrogens with zero attached hydrogens (tertiary/aromatic N) is 2. The molecule has 15 rings (SSSR count). The SMILES string of the molecule is C#Cc1cccc(-c2cc(-c3cc(-c4ccc(-c5cccc(C#C)c5C#C)c(-c5cccc(C#C)c5C#C)c4)cc(N(c4ccccc4)c4ccc5c(c4)C(C)(C)c4cc6c(cc4-5)C(C)(C)c4cc(N(c5ccccc5)c5ccccc5)ccc4-6)c3)cc(-c3cccc(C#C)c3C#C)c2)c1C#C. The Bertz CT molecular complexity index is 5900. The summed E-state index contributed by atoms with van der Waals surface area (Å²) in [4.78, 5) is 4.70. The third kappa shape index (κ3) is 10.7. The lowest BCUT2D eigenvalue weighted by atomic mass is 9.79. The number of fused-ring (bicyclic) bond motifs is 6. The highest BCUT2D eigenvalue weighted by Crippen LogP contribution is 2.58. The molecule has 0 spiro atoms. The van der Waals surface area contributed by atoms with Gasteiger partial charge in [-0.05, 0) is 251 Å². The van der Waals surface area contributed by atoms with Gasteiger partial charge in [-0.1, -0.05) is 202 Å². The number of terminal acetylenes is 8. The molecule has 0 heterocycles. The van der Waals surface area contributed by atoms with Crippen LogP contribution in [0.1, 0.15) is 94.5 Å². The Hall–Kier alpha value is -14.1. The minimum absolute atomic E-state index is 0.312. The minimum atomic E-state index is -0.417. The van der Waals surface area contributed by atoms with Gasteiger partial charge in [-0.15, -0.1) is 51.4 Å². The van der Waals surface area contributed by atoms with Gasteiger partial charge in [-0.3, -0.25) is 0 Å². The summed E-state index contributed by atoms with van der Waals surface area (Å²) in [6, 6.07) is 93.5.